The van der Waals surface area contributed by atoms with Crippen LogP contribution in [0.1, 0.15) is 82.9 Å². The number of carbonyl (C=O) groups excluding carboxylic acids is 4. The number of anilines is 4. The molecule has 12 aromatic rings. The van der Waals surface area contributed by atoms with Crippen molar-refractivity contribution in [3.05, 3.63) is 332 Å². The molecule has 4 aliphatic rings. The van der Waals surface area contributed by atoms with Gasteiger partial charge >= 0.3 is 0 Å². The lowest BCUT2D eigenvalue weighted by molar-refractivity contribution is 0.0342. The van der Waals surface area contributed by atoms with E-state index in [1.807, 2.05) is 206 Å². The smallest absolute Gasteiger partial charge is 0.255 e. The van der Waals surface area contributed by atoms with Crippen molar-refractivity contribution in [3.8, 4) is 45.0 Å². The Morgan fingerprint density at radius 1 is 0.325 bits per heavy atom. The Bertz CT molecular complexity index is 4840. The zero-order valence-electron chi connectivity index (χ0n) is 65.2. The number of carbonyl (C=O) groups is 4. The van der Waals surface area contributed by atoms with Crippen LogP contribution in [0, 0.1) is 0 Å². The topological polar surface area (TPSA) is 193 Å². The van der Waals surface area contributed by atoms with Crippen LogP contribution >= 0.6 is 58.2 Å². The second-order valence-corrected chi connectivity index (χ2v) is 31.8. The van der Waals surface area contributed by atoms with Crippen LogP contribution in [0.25, 0.3) is 45.0 Å². The largest absolute Gasteiger partial charge is 0.379 e. The van der Waals surface area contributed by atoms with Crippen molar-refractivity contribution in [2.24, 2.45) is 0 Å². The number of piperidine rings is 1. The first-order valence-electron chi connectivity index (χ1n) is 39.3. The predicted octanol–water partition coefficient (Wildman–Crippen LogP) is 19.7. The summed E-state index contributed by atoms with van der Waals surface area (Å²) in [4.78, 5) is 80.2. The second-order valence-electron chi connectivity index (χ2n) is 28.9. The van der Waals surface area contributed by atoms with Crippen molar-refractivity contribution >= 4 is 105 Å². The molecule has 0 radical (unpaired) electrons. The van der Waals surface area contributed by atoms with Gasteiger partial charge in [-0.1, -0.05) is 126 Å². The Morgan fingerprint density at radius 3 is 0.880 bits per heavy atom. The van der Waals surface area contributed by atoms with Crippen LogP contribution in [0.4, 0.5) is 22.7 Å². The van der Waals surface area contributed by atoms with Crippen LogP contribution in [0.15, 0.2) is 267 Å². The number of amides is 4. The van der Waals surface area contributed by atoms with Crippen molar-refractivity contribution in [1.82, 2.24) is 44.4 Å². The fraction of sp³-hybridized carbons (Fsp3) is 0.234. The number of likely N-dealkylation sites (tertiary alicyclic amines) is 1. The quantitative estimate of drug-likeness (QED) is 0.0563. The van der Waals surface area contributed by atoms with E-state index in [-0.39, 0.29) is 23.6 Å². The van der Waals surface area contributed by atoms with Crippen LogP contribution in [-0.2, 0) is 30.9 Å². The van der Waals surface area contributed by atoms with E-state index in [0.29, 0.717) is 65.1 Å². The summed E-state index contributed by atoms with van der Waals surface area (Å²) in [7, 11) is 2.16. The molecule has 0 unspecified atom stereocenters. The van der Waals surface area contributed by atoms with E-state index in [9.17, 15) is 19.2 Å². The molecule has 8 aromatic carbocycles. The number of morpholine rings is 1. The molecule has 0 aliphatic carbocycles. The fourth-order valence-corrected chi connectivity index (χ4v) is 15.7. The molecule has 4 aliphatic heterocycles. The highest BCUT2D eigenvalue weighted by atomic mass is 35.5. The molecule has 4 amide bonds. The Kier molecular flexibility index (Phi) is 31.1. The first-order valence-corrected chi connectivity index (χ1v) is 42.0. The van der Waals surface area contributed by atoms with Gasteiger partial charge < -0.3 is 30.9 Å². The molecule has 0 spiro atoms. The number of nitrogens with zero attached hydrogens (tertiary/aromatic N) is 9. The molecular weight excluding hydrogens is 1560 g/mol. The first-order chi connectivity index (χ1) is 57.1. The number of benzene rings is 8. The summed E-state index contributed by atoms with van der Waals surface area (Å²) in [6.45, 7) is 16.1. The normalized spacial score (nSPS) is 14.7. The first kappa shape index (κ1) is 84.4. The van der Waals surface area contributed by atoms with Crippen molar-refractivity contribution < 1.29 is 23.9 Å². The average molecular weight is 1660 g/mol. The van der Waals surface area contributed by atoms with Gasteiger partial charge in [-0.15, -0.1) is 0 Å². The number of hydrogen-bond acceptors (Lipinski definition) is 15. The molecule has 0 saturated carbocycles. The lowest BCUT2D eigenvalue weighted by atomic mass is 10.1. The van der Waals surface area contributed by atoms with E-state index in [4.69, 9.17) is 51.1 Å². The molecule has 16 rings (SSSR count). The van der Waals surface area contributed by atoms with Crippen LogP contribution in [0.2, 0.25) is 20.1 Å². The van der Waals surface area contributed by atoms with Gasteiger partial charge in [0.1, 0.15) is 0 Å². The summed E-state index contributed by atoms with van der Waals surface area (Å²) >= 11 is 27.3. The molecule has 0 bridgehead atoms. The van der Waals surface area contributed by atoms with E-state index >= 15 is 0 Å². The van der Waals surface area contributed by atoms with Crippen molar-refractivity contribution in [1.29, 1.82) is 0 Å². The molecule has 4 aromatic heterocycles. The van der Waals surface area contributed by atoms with Crippen LogP contribution in [0.5, 0.6) is 0 Å². The van der Waals surface area contributed by atoms with Gasteiger partial charge in [-0.2, -0.15) is 11.8 Å². The Morgan fingerprint density at radius 2 is 0.598 bits per heavy atom. The molecule has 117 heavy (non-hydrogen) atoms. The summed E-state index contributed by atoms with van der Waals surface area (Å²) in [5.41, 5.74) is 16.4. The van der Waals surface area contributed by atoms with Gasteiger partial charge in [-0.05, 0) is 225 Å². The third-order valence-electron chi connectivity index (χ3n) is 20.4. The number of rotatable bonds is 20. The number of hydrogen-bond donors (Lipinski definition) is 4. The summed E-state index contributed by atoms with van der Waals surface area (Å²) in [5.74, 6) is 1.82. The predicted molar refractivity (Wildman–Crippen MR) is 477 cm³/mol. The number of likely N-dealkylation sites (N-methyl/N-ethyl adjacent to an activating group) is 1. The number of aromatic nitrogens is 4. The van der Waals surface area contributed by atoms with Crippen LogP contribution in [-0.4, -0.2) is 165 Å². The summed E-state index contributed by atoms with van der Waals surface area (Å²) in [6.07, 6.45) is 10.8. The minimum Gasteiger partial charge on any atom is -0.379 e. The molecule has 0 atom stereocenters. The molecule has 4 fully saturated rings. The van der Waals surface area contributed by atoms with Gasteiger partial charge in [-0.3, -0.25) is 58.7 Å². The summed E-state index contributed by atoms with van der Waals surface area (Å²) in [5, 5.41) is 14.2. The number of pyridine rings is 4. The van der Waals surface area contributed by atoms with Crippen molar-refractivity contribution in [2.45, 2.75) is 45.4 Å². The molecule has 8 heterocycles. The fourth-order valence-electron chi connectivity index (χ4n) is 13.8. The zero-order chi connectivity index (χ0) is 81.1. The Labute approximate surface area is 709 Å². The Balaban J connectivity index is 0.000000135. The van der Waals surface area contributed by atoms with Crippen molar-refractivity contribution in [3.63, 3.8) is 0 Å². The molecular formula is C94H93Cl4N13O5S. The maximum absolute atomic E-state index is 12.7. The maximum atomic E-state index is 12.7. The molecule has 23 heteroatoms. The standard InChI is InChI=1S/C24H25ClN4O.C24H24ClN3O.C23H22ClN3O2.C23H22ClN3OS/c1-28-12-14-29(15-13-28)17-18-5-7-19(8-6-18)24(30)27-20-9-10-22(25)21(16-20)23-4-2-3-11-26-23;25-22-12-11-20(16-21(22)23-6-2-3-13-26-23)27-24(29)19-9-7-18(8-10-19)17-28-14-4-1-5-15-28;2*24-21-9-8-19(15-20(21)22-3-1-2-10-25-22)26-23(28)18-6-4-17(5-7-18)16-27-11-13-29-14-12-27/h2-11,16H,12-15,17H2,1H3,(H,27,30);2-3,6-13,16H,1,4-5,14-15,17H2,(H,27,29);2*1-10,15H,11-14,16H2,(H,26,28). The molecule has 18 nitrogen and oxygen atoms in total. The number of halogens is 4. The minimum atomic E-state index is -0.155. The van der Waals surface area contributed by atoms with Gasteiger partial charge in [0.15, 0.2) is 0 Å². The van der Waals surface area contributed by atoms with Crippen molar-refractivity contribution in [2.75, 3.05) is 118 Å². The highest BCUT2D eigenvalue weighted by molar-refractivity contribution is 7.99. The van der Waals surface area contributed by atoms with Crippen LogP contribution in [0.3, 0.4) is 0 Å². The molecule has 4 N–H and O–H groups in total. The maximum Gasteiger partial charge on any atom is 0.255 e. The SMILES string of the molecule is CN1CCN(Cc2ccc(C(=O)Nc3ccc(Cl)c(-c4ccccn4)c3)cc2)CC1.O=C(Nc1ccc(Cl)c(-c2ccccn2)c1)c1ccc(CN2CCCCC2)cc1.O=C(Nc1ccc(Cl)c(-c2ccccn2)c1)c1ccc(CN2CCOCC2)cc1.O=C(Nc1ccc(Cl)c(-c2ccccn2)c1)c1ccc(CN2CCSCC2)cc1. The highest BCUT2D eigenvalue weighted by Gasteiger charge is 2.20. The monoisotopic (exact) mass is 1660 g/mol. The van der Waals surface area contributed by atoms with Gasteiger partial charge in [-0.25, -0.2) is 0 Å². The average Bonchev–Trinajstić information content (AvgIpc) is 0.841. The van der Waals surface area contributed by atoms with E-state index in [1.54, 1.807) is 73.3 Å². The number of piperazine rings is 1. The van der Waals surface area contributed by atoms with Gasteiger partial charge in [0.05, 0.1) is 56.1 Å². The van der Waals surface area contributed by atoms with E-state index in [2.05, 4.69) is 72.8 Å². The minimum absolute atomic E-state index is 0.135. The molecule has 598 valence electrons. The Hall–Kier alpha value is -10.5. The molecule has 4 saturated heterocycles. The second kappa shape index (κ2) is 43.1. The van der Waals surface area contributed by atoms with Gasteiger partial charge in [0, 0.05) is 182 Å². The van der Waals surface area contributed by atoms with Gasteiger partial charge in [0.25, 0.3) is 23.6 Å². The zero-order valence-corrected chi connectivity index (χ0v) is 69.1. The van der Waals surface area contributed by atoms with Crippen LogP contribution < -0.4 is 21.3 Å². The van der Waals surface area contributed by atoms with E-state index in [0.717, 1.165) is 150 Å². The number of thioether (sulfide) groups is 1. The van der Waals surface area contributed by atoms with E-state index in [1.165, 1.54) is 53.0 Å². The summed E-state index contributed by atoms with van der Waals surface area (Å²) in [6, 6.07) is 75.7. The third kappa shape index (κ3) is 25.3. The summed E-state index contributed by atoms with van der Waals surface area (Å²) < 4.78 is 5.38. The number of nitrogens with one attached hydrogen (secondary N) is 4. The van der Waals surface area contributed by atoms with E-state index < -0.39 is 0 Å². The lowest BCUT2D eigenvalue weighted by Gasteiger charge is -2.32. The van der Waals surface area contributed by atoms with Gasteiger partial charge in [0.2, 0.25) is 0 Å². The highest BCUT2D eigenvalue weighted by Crippen LogP contribution is 2.34. The number of ether oxygens (including phenoxy) is 1. The third-order valence-corrected chi connectivity index (χ3v) is 22.7. The lowest BCUT2D eigenvalue weighted by Crippen LogP contribution is -2.43.